The van der Waals surface area contributed by atoms with Crippen molar-refractivity contribution in [1.29, 1.82) is 0 Å². The van der Waals surface area contributed by atoms with Crippen LogP contribution < -0.4 is 0 Å². The number of likely N-dealkylation sites (N-methyl/N-ethyl adjacent to an activating group) is 1. The van der Waals surface area contributed by atoms with Crippen LogP contribution in [0.25, 0.3) is 0 Å². The zero-order chi connectivity index (χ0) is 16.3. The van der Waals surface area contributed by atoms with E-state index in [1.807, 2.05) is 21.0 Å². The van der Waals surface area contributed by atoms with Gasteiger partial charge in [-0.05, 0) is 44.8 Å². The van der Waals surface area contributed by atoms with Crippen LogP contribution in [0.2, 0.25) is 5.02 Å². The van der Waals surface area contributed by atoms with Gasteiger partial charge in [0.15, 0.2) is 0 Å². The monoisotopic (exact) mass is 345 g/mol. The minimum Gasteiger partial charge on any atom is -0.308 e. The summed E-state index contributed by atoms with van der Waals surface area (Å²) >= 11 is 5.98. The summed E-state index contributed by atoms with van der Waals surface area (Å²) in [6.07, 6.45) is 0. The normalized spacial score (nSPS) is 18.0. The van der Waals surface area contributed by atoms with Crippen molar-refractivity contribution < 1.29 is 8.42 Å². The molecule has 0 saturated carbocycles. The van der Waals surface area contributed by atoms with Gasteiger partial charge in [0.25, 0.3) is 0 Å². The van der Waals surface area contributed by atoms with Crippen molar-refractivity contribution in [1.82, 2.24) is 14.1 Å². The lowest BCUT2D eigenvalue weighted by atomic mass is 10.2. The van der Waals surface area contributed by atoms with Crippen LogP contribution in [0.15, 0.2) is 23.1 Å². The second-order valence-corrected chi connectivity index (χ2v) is 8.31. The lowest BCUT2D eigenvalue weighted by molar-refractivity contribution is 0.174. The van der Waals surface area contributed by atoms with E-state index in [9.17, 15) is 8.42 Å². The van der Waals surface area contributed by atoms with Crippen molar-refractivity contribution in [2.24, 2.45) is 0 Å². The van der Waals surface area contributed by atoms with Crippen LogP contribution in [0.3, 0.4) is 0 Å². The first-order valence-electron chi connectivity index (χ1n) is 7.44. The molecule has 0 bridgehead atoms. The van der Waals surface area contributed by atoms with Gasteiger partial charge >= 0.3 is 0 Å². The number of rotatable bonds is 5. The number of hydrogen-bond donors (Lipinski definition) is 0. The van der Waals surface area contributed by atoms with E-state index < -0.39 is 10.0 Å². The number of halogens is 1. The Morgan fingerprint density at radius 3 is 2.36 bits per heavy atom. The average molecular weight is 346 g/mol. The average Bonchev–Trinajstić information content (AvgIpc) is 2.48. The standard InChI is InChI=1S/C15H24ClN3O2S/c1-13-12-14(4-5-15(13)16)22(20,21)19-10-8-18(9-11-19)7-6-17(2)3/h4-5,12H,6-11H2,1-3H3. The molecule has 124 valence electrons. The summed E-state index contributed by atoms with van der Waals surface area (Å²) in [4.78, 5) is 4.77. The van der Waals surface area contributed by atoms with Crippen LogP contribution in [0.1, 0.15) is 5.56 Å². The van der Waals surface area contributed by atoms with Crippen molar-refractivity contribution in [2.75, 3.05) is 53.4 Å². The van der Waals surface area contributed by atoms with E-state index in [1.165, 1.54) is 0 Å². The molecule has 22 heavy (non-hydrogen) atoms. The highest BCUT2D eigenvalue weighted by Gasteiger charge is 2.28. The second-order valence-electron chi connectivity index (χ2n) is 5.96. The molecule has 1 fully saturated rings. The molecule has 2 rings (SSSR count). The molecule has 1 heterocycles. The summed E-state index contributed by atoms with van der Waals surface area (Å²) in [5.41, 5.74) is 0.785. The molecule has 0 radical (unpaired) electrons. The number of sulfonamides is 1. The van der Waals surface area contributed by atoms with E-state index in [0.29, 0.717) is 23.0 Å². The highest BCUT2D eigenvalue weighted by atomic mass is 35.5. The summed E-state index contributed by atoms with van der Waals surface area (Å²) in [5.74, 6) is 0. The van der Waals surface area contributed by atoms with Gasteiger partial charge in [0.1, 0.15) is 0 Å². The third-order valence-electron chi connectivity index (χ3n) is 3.96. The first-order valence-corrected chi connectivity index (χ1v) is 9.26. The summed E-state index contributed by atoms with van der Waals surface area (Å²) in [5, 5.41) is 0.590. The van der Waals surface area contributed by atoms with Gasteiger partial charge in [0, 0.05) is 44.3 Å². The topological polar surface area (TPSA) is 43.9 Å². The van der Waals surface area contributed by atoms with Gasteiger partial charge in [-0.15, -0.1) is 0 Å². The number of hydrogen-bond acceptors (Lipinski definition) is 4. The van der Waals surface area contributed by atoms with E-state index in [0.717, 1.165) is 31.7 Å². The summed E-state index contributed by atoms with van der Waals surface area (Å²) < 4.78 is 26.9. The Morgan fingerprint density at radius 1 is 1.18 bits per heavy atom. The van der Waals surface area contributed by atoms with Gasteiger partial charge in [-0.2, -0.15) is 4.31 Å². The van der Waals surface area contributed by atoms with Gasteiger partial charge in [0.05, 0.1) is 4.90 Å². The molecule has 0 aliphatic carbocycles. The zero-order valence-electron chi connectivity index (χ0n) is 13.4. The van der Waals surface area contributed by atoms with Crippen LogP contribution in [-0.2, 0) is 10.0 Å². The molecule has 0 N–H and O–H groups in total. The Morgan fingerprint density at radius 2 is 1.82 bits per heavy atom. The fraction of sp³-hybridized carbons (Fsp3) is 0.600. The molecular formula is C15H24ClN3O2S. The van der Waals surface area contributed by atoms with Gasteiger partial charge in [0.2, 0.25) is 10.0 Å². The Bertz CT molecular complexity index is 611. The van der Waals surface area contributed by atoms with Gasteiger partial charge in [-0.3, -0.25) is 4.90 Å². The van der Waals surface area contributed by atoms with Crippen LogP contribution in [0.4, 0.5) is 0 Å². The van der Waals surface area contributed by atoms with Gasteiger partial charge in [-0.1, -0.05) is 11.6 Å². The maximum absolute atomic E-state index is 12.7. The maximum atomic E-state index is 12.7. The summed E-state index contributed by atoms with van der Waals surface area (Å²) in [6.45, 7) is 6.42. The van der Waals surface area contributed by atoms with Crippen LogP contribution >= 0.6 is 11.6 Å². The smallest absolute Gasteiger partial charge is 0.243 e. The SMILES string of the molecule is Cc1cc(S(=O)(=O)N2CCN(CCN(C)C)CC2)ccc1Cl. The lowest BCUT2D eigenvalue weighted by Gasteiger charge is -2.34. The van der Waals surface area contributed by atoms with Crippen molar-refractivity contribution in [3.8, 4) is 0 Å². The van der Waals surface area contributed by atoms with Crippen molar-refractivity contribution >= 4 is 21.6 Å². The predicted molar refractivity (Wildman–Crippen MR) is 89.9 cm³/mol. The number of benzene rings is 1. The van der Waals surface area contributed by atoms with Crippen LogP contribution in [-0.4, -0.2) is 75.9 Å². The third kappa shape index (κ3) is 4.20. The molecule has 1 aliphatic heterocycles. The molecule has 5 nitrogen and oxygen atoms in total. The molecule has 1 aromatic carbocycles. The molecule has 0 unspecified atom stereocenters. The van der Waals surface area contributed by atoms with E-state index in [-0.39, 0.29) is 0 Å². The Balaban J connectivity index is 2.01. The highest BCUT2D eigenvalue weighted by Crippen LogP contribution is 2.23. The van der Waals surface area contributed by atoms with E-state index in [1.54, 1.807) is 22.5 Å². The van der Waals surface area contributed by atoms with Crippen molar-refractivity contribution in [3.05, 3.63) is 28.8 Å². The molecule has 1 aromatic rings. The molecule has 1 aliphatic rings. The largest absolute Gasteiger partial charge is 0.308 e. The molecule has 7 heteroatoms. The predicted octanol–water partition coefficient (Wildman–Crippen LogP) is 1.52. The number of nitrogens with zero attached hydrogens (tertiary/aromatic N) is 3. The Kier molecular flexibility index (Phi) is 5.85. The van der Waals surface area contributed by atoms with E-state index in [2.05, 4.69) is 9.80 Å². The highest BCUT2D eigenvalue weighted by molar-refractivity contribution is 7.89. The van der Waals surface area contributed by atoms with E-state index >= 15 is 0 Å². The second kappa shape index (κ2) is 7.27. The fourth-order valence-electron chi connectivity index (χ4n) is 2.46. The Labute approximate surface area is 138 Å². The van der Waals surface area contributed by atoms with Crippen molar-refractivity contribution in [3.63, 3.8) is 0 Å². The quantitative estimate of drug-likeness (QED) is 0.811. The molecular weight excluding hydrogens is 322 g/mol. The lowest BCUT2D eigenvalue weighted by Crippen LogP contribution is -2.49. The van der Waals surface area contributed by atoms with Crippen LogP contribution in [0, 0.1) is 6.92 Å². The zero-order valence-corrected chi connectivity index (χ0v) is 15.0. The van der Waals surface area contributed by atoms with Gasteiger partial charge in [-0.25, -0.2) is 8.42 Å². The number of piperazine rings is 1. The fourth-order valence-corrected chi connectivity index (χ4v) is 4.09. The third-order valence-corrected chi connectivity index (χ3v) is 6.28. The van der Waals surface area contributed by atoms with Crippen LogP contribution in [0.5, 0.6) is 0 Å². The minimum atomic E-state index is -3.42. The molecule has 0 amide bonds. The molecule has 0 atom stereocenters. The first-order chi connectivity index (χ1) is 10.3. The van der Waals surface area contributed by atoms with E-state index in [4.69, 9.17) is 11.6 Å². The minimum absolute atomic E-state index is 0.330. The first kappa shape index (κ1) is 17.7. The van der Waals surface area contributed by atoms with Crippen molar-refractivity contribution in [2.45, 2.75) is 11.8 Å². The molecule has 0 aromatic heterocycles. The van der Waals surface area contributed by atoms with Gasteiger partial charge < -0.3 is 4.90 Å². The Hall–Kier alpha value is -0.660. The maximum Gasteiger partial charge on any atom is 0.243 e. The molecule has 1 saturated heterocycles. The number of aryl methyl sites for hydroxylation is 1. The molecule has 0 spiro atoms. The summed E-state index contributed by atoms with van der Waals surface area (Å²) in [6, 6.07) is 4.89. The summed E-state index contributed by atoms with van der Waals surface area (Å²) in [7, 11) is 0.672.